The minimum Gasteiger partial charge on any atom is -0.497 e. The normalized spacial score (nSPS) is 10.6. The topological polar surface area (TPSA) is 55.3 Å². The Morgan fingerprint density at radius 3 is 2.64 bits per heavy atom. The van der Waals surface area contributed by atoms with Crippen LogP contribution in [0, 0.1) is 0 Å². The highest BCUT2D eigenvalue weighted by atomic mass is 32.1. The number of anilines is 1. The minimum atomic E-state index is -0.0131. The number of amides is 1. The van der Waals surface area contributed by atoms with Gasteiger partial charge in [-0.1, -0.05) is 30.7 Å². The quantitative estimate of drug-likeness (QED) is 0.601. The molecule has 1 aromatic carbocycles. The molecule has 0 aliphatic rings. The first kappa shape index (κ1) is 17.6. The maximum absolute atomic E-state index is 12.8. The van der Waals surface area contributed by atoms with E-state index in [1.54, 1.807) is 12.0 Å². The second-order valence-corrected chi connectivity index (χ2v) is 7.31. The molecule has 5 nitrogen and oxygen atoms in total. The molecule has 0 fully saturated rings. The summed E-state index contributed by atoms with van der Waals surface area (Å²) in [5.41, 5.74) is 0.962. The van der Waals surface area contributed by atoms with Crippen molar-refractivity contribution in [1.82, 2.24) is 10.2 Å². The number of carbonyl (C=O) groups is 1. The van der Waals surface area contributed by atoms with Crippen molar-refractivity contribution in [3.63, 3.8) is 0 Å². The zero-order chi connectivity index (χ0) is 17.6. The van der Waals surface area contributed by atoms with E-state index in [1.807, 2.05) is 41.8 Å². The first-order valence-corrected chi connectivity index (χ1v) is 9.76. The van der Waals surface area contributed by atoms with Gasteiger partial charge in [-0.05, 0) is 42.1 Å². The molecule has 0 radical (unpaired) electrons. The maximum atomic E-state index is 12.8. The van der Waals surface area contributed by atoms with Crippen molar-refractivity contribution >= 4 is 33.7 Å². The van der Waals surface area contributed by atoms with Gasteiger partial charge in [0.15, 0.2) is 0 Å². The van der Waals surface area contributed by atoms with Crippen LogP contribution in [0.15, 0.2) is 41.8 Å². The molecule has 2 heterocycles. The number of ether oxygens (including phenoxy) is 1. The van der Waals surface area contributed by atoms with E-state index in [-0.39, 0.29) is 5.91 Å². The Morgan fingerprint density at radius 1 is 1.20 bits per heavy atom. The minimum absolute atomic E-state index is 0.0131. The molecule has 0 N–H and O–H groups in total. The average Bonchev–Trinajstić information content (AvgIpc) is 3.34. The van der Waals surface area contributed by atoms with E-state index in [2.05, 4.69) is 17.1 Å². The van der Waals surface area contributed by atoms with Crippen molar-refractivity contribution < 1.29 is 9.53 Å². The van der Waals surface area contributed by atoms with Gasteiger partial charge < -0.3 is 4.74 Å². The number of carbonyl (C=O) groups excluding carboxylic acids is 1. The van der Waals surface area contributed by atoms with Gasteiger partial charge in [0.1, 0.15) is 10.8 Å². The highest BCUT2D eigenvalue weighted by molar-refractivity contribution is 7.18. The van der Waals surface area contributed by atoms with E-state index < -0.39 is 0 Å². The van der Waals surface area contributed by atoms with Crippen LogP contribution in [0.2, 0.25) is 0 Å². The number of aromatic nitrogens is 2. The number of hydrogen-bond donors (Lipinski definition) is 0. The second-order valence-electron chi connectivity index (χ2n) is 5.41. The van der Waals surface area contributed by atoms with Gasteiger partial charge in [-0.15, -0.1) is 21.5 Å². The summed E-state index contributed by atoms with van der Waals surface area (Å²) in [6.45, 7) is 2.75. The molecule has 3 aromatic rings. The summed E-state index contributed by atoms with van der Waals surface area (Å²) in [5.74, 6) is 0.784. The fourth-order valence-corrected chi connectivity index (χ4v) is 3.85. The predicted octanol–water partition coefficient (Wildman–Crippen LogP) is 4.72. The van der Waals surface area contributed by atoms with Gasteiger partial charge in [0.05, 0.1) is 12.0 Å². The summed E-state index contributed by atoms with van der Waals surface area (Å²) in [5, 5.41) is 11.9. The van der Waals surface area contributed by atoms with Crippen molar-refractivity contribution in [2.75, 3.05) is 18.6 Å². The Hall–Kier alpha value is -2.25. The van der Waals surface area contributed by atoms with Crippen LogP contribution in [0.1, 0.15) is 29.4 Å². The largest absolute Gasteiger partial charge is 0.497 e. The van der Waals surface area contributed by atoms with Crippen molar-refractivity contribution in [1.29, 1.82) is 0 Å². The summed E-state index contributed by atoms with van der Waals surface area (Å²) in [4.78, 5) is 15.3. The number of nitrogens with zero attached hydrogens (tertiary/aromatic N) is 3. The van der Waals surface area contributed by atoms with Gasteiger partial charge in [-0.2, -0.15) is 0 Å². The van der Waals surface area contributed by atoms with Crippen molar-refractivity contribution in [2.24, 2.45) is 0 Å². The van der Waals surface area contributed by atoms with E-state index in [0.717, 1.165) is 34.0 Å². The molecular weight excluding hydrogens is 354 g/mol. The molecule has 0 atom stereocenters. The van der Waals surface area contributed by atoms with Crippen molar-refractivity contribution in [3.05, 3.63) is 46.7 Å². The van der Waals surface area contributed by atoms with E-state index in [4.69, 9.17) is 4.74 Å². The summed E-state index contributed by atoms with van der Waals surface area (Å²) < 4.78 is 5.18. The third-order valence-corrected chi connectivity index (χ3v) is 5.55. The molecule has 0 unspecified atom stereocenters. The van der Waals surface area contributed by atoms with Crippen molar-refractivity contribution in [3.8, 4) is 16.3 Å². The summed E-state index contributed by atoms with van der Waals surface area (Å²) in [6, 6.07) is 11.4. The summed E-state index contributed by atoms with van der Waals surface area (Å²) >= 11 is 2.88. The van der Waals surface area contributed by atoms with Gasteiger partial charge in [0.25, 0.3) is 5.91 Å². The van der Waals surface area contributed by atoms with Crippen LogP contribution >= 0.6 is 22.7 Å². The molecule has 0 aliphatic heterocycles. The Bertz CT molecular complexity index is 813. The van der Waals surface area contributed by atoms with E-state index in [1.165, 1.54) is 22.7 Å². The lowest BCUT2D eigenvalue weighted by Gasteiger charge is -2.18. The summed E-state index contributed by atoms with van der Waals surface area (Å²) in [6.07, 6.45) is 1.94. The van der Waals surface area contributed by atoms with Crippen LogP contribution in [0.25, 0.3) is 10.6 Å². The van der Waals surface area contributed by atoms with Crippen LogP contribution in [-0.2, 0) is 0 Å². The van der Waals surface area contributed by atoms with Crippen LogP contribution < -0.4 is 9.64 Å². The Kier molecular flexibility index (Phi) is 5.78. The Balaban J connectivity index is 1.86. The fourth-order valence-electron chi connectivity index (χ4n) is 2.31. The predicted molar refractivity (Wildman–Crippen MR) is 103 cm³/mol. The number of benzene rings is 1. The molecule has 0 spiro atoms. The van der Waals surface area contributed by atoms with Crippen molar-refractivity contribution in [2.45, 2.75) is 19.8 Å². The van der Waals surface area contributed by atoms with Gasteiger partial charge in [0, 0.05) is 12.1 Å². The molecule has 3 rings (SSSR count). The zero-order valence-electron chi connectivity index (χ0n) is 14.1. The van der Waals surface area contributed by atoms with Crippen LogP contribution in [0.3, 0.4) is 0 Å². The second kappa shape index (κ2) is 8.22. The first-order chi connectivity index (χ1) is 12.2. The molecule has 0 saturated heterocycles. The van der Waals surface area contributed by atoms with Gasteiger partial charge in [0.2, 0.25) is 5.13 Å². The van der Waals surface area contributed by atoms with Crippen LogP contribution in [0.4, 0.5) is 5.13 Å². The SMILES string of the molecule is CCCCN(C(=O)c1cccs1)c1nnc(-c2ccc(OC)cc2)s1. The standard InChI is InChI=1S/C18H19N3O2S2/c1-3-4-11-21(17(22)15-6-5-12-24-15)18-20-19-16(25-18)13-7-9-14(23-2)10-8-13/h5-10,12H,3-4,11H2,1-2H3. The lowest BCUT2D eigenvalue weighted by molar-refractivity contribution is 0.0990. The van der Waals surface area contributed by atoms with Gasteiger partial charge in [-0.25, -0.2) is 0 Å². The lowest BCUT2D eigenvalue weighted by atomic mass is 10.2. The highest BCUT2D eigenvalue weighted by Gasteiger charge is 2.22. The number of thiophene rings is 1. The molecule has 25 heavy (non-hydrogen) atoms. The lowest BCUT2D eigenvalue weighted by Crippen LogP contribution is -2.31. The third-order valence-electron chi connectivity index (χ3n) is 3.69. The molecule has 1 amide bonds. The molecule has 0 aliphatic carbocycles. The average molecular weight is 374 g/mol. The smallest absolute Gasteiger partial charge is 0.270 e. The van der Waals surface area contributed by atoms with E-state index >= 15 is 0 Å². The molecule has 0 bridgehead atoms. The number of hydrogen-bond acceptors (Lipinski definition) is 6. The Labute approximate surface area is 154 Å². The molecular formula is C18H19N3O2S2. The van der Waals surface area contributed by atoms with Gasteiger partial charge in [-0.3, -0.25) is 9.69 Å². The van der Waals surface area contributed by atoms with Crippen LogP contribution in [0.5, 0.6) is 5.75 Å². The molecule has 0 saturated carbocycles. The number of methoxy groups -OCH3 is 1. The van der Waals surface area contributed by atoms with Gasteiger partial charge >= 0.3 is 0 Å². The first-order valence-electron chi connectivity index (χ1n) is 8.06. The zero-order valence-corrected chi connectivity index (χ0v) is 15.8. The third kappa shape index (κ3) is 4.05. The number of unbranched alkanes of at least 4 members (excludes halogenated alkanes) is 1. The molecule has 7 heteroatoms. The van der Waals surface area contributed by atoms with E-state index in [0.29, 0.717) is 11.7 Å². The maximum Gasteiger partial charge on any atom is 0.270 e. The fraction of sp³-hybridized carbons (Fsp3) is 0.278. The highest BCUT2D eigenvalue weighted by Crippen LogP contribution is 2.31. The number of rotatable bonds is 7. The molecule has 2 aromatic heterocycles. The monoisotopic (exact) mass is 373 g/mol. The Morgan fingerprint density at radius 2 is 2.00 bits per heavy atom. The van der Waals surface area contributed by atoms with E-state index in [9.17, 15) is 4.79 Å². The van der Waals surface area contributed by atoms with Crippen LogP contribution in [-0.4, -0.2) is 29.8 Å². The summed E-state index contributed by atoms with van der Waals surface area (Å²) in [7, 11) is 1.64. The molecule has 130 valence electrons.